The predicted molar refractivity (Wildman–Crippen MR) is 85.4 cm³/mol. The molecule has 6 nitrogen and oxygen atoms in total. The van der Waals surface area contributed by atoms with Gasteiger partial charge in [-0.05, 0) is 11.0 Å². The van der Waals surface area contributed by atoms with E-state index in [1.807, 2.05) is 17.5 Å². The number of thiophene rings is 1. The predicted octanol–water partition coefficient (Wildman–Crippen LogP) is 0.565. The molecule has 3 aromatic rings. The third-order valence-corrected chi connectivity index (χ3v) is 4.11. The Morgan fingerprint density at radius 1 is 1.19 bits per heavy atom. The number of benzene rings is 1. The minimum Gasteiger partial charge on any atom is -0.423 e. The van der Waals surface area contributed by atoms with Gasteiger partial charge in [0.25, 0.3) is 0 Å². The molecule has 2 aromatic heterocycles. The lowest BCUT2D eigenvalue weighted by atomic mass is 9.80. The second kappa shape index (κ2) is 5.68. The number of fused-ring (bicyclic) bond motifs is 1. The third-order valence-electron chi connectivity index (χ3n) is 3.12. The number of hydrogen-bond acceptors (Lipinski definition) is 7. The van der Waals surface area contributed by atoms with Crippen LogP contribution in [0.5, 0.6) is 0 Å². The molecule has 0 aliphatic carbocycles. The zero-order chi connectivity index (χ0) is 14.8. The fourth-order valence-corrected chi connectivity index (χ4v) is 2.86. The minimum atomic E-state index is -1.44. The highest BCUT2D eigenvalue weighted by atomic mass is 32.1. The van der Waals surface area contributed by atoms with Crippen molar-refractivity contribution in [1.29, 1.82) is 0 Å². The number of anilines is 2. The molecule has 0 spiro atoms. The summed E-state index contributed by atoms with van der Waals surface area (Å²) in [4.78, 5) is 8.40. The molecule has 8 heteroatoms. The van der Waals surface area contributed by atoms with Crippen molar-refractivity contribution in [3.05, 3.63) is 41.5 Å². The SMILES string of the molecule is Nc1csc2c(NCc3ccc(B(O)O)cc3)ncnc12. The van der Waals surface area contributed by atoms with Gasteiger partial charge >= 0.3 is 7.12 Å². The smallest absolute Gasteiger partial charge is 0.423 e. The first-order chi connectivity index (χ1) is 10.1. The van der Waals surface area contributed by atoms with E-state index in [-0.39, 0.29) is 0 Å². The normalized spacial score (nSPS) is 10.8. The summed E-state index contributed by atoms with van der Waals surface area (Å²) in [7, 11) is -1.44. The first kappa shape index (κ1) is 13.8. The lowest BCUT2D eigenvalue weighted by Gasteiger charge is -2.07. The van der Waals surface area contributed by atoms with Crippen molar-refractivity contribution in [2.45, 2.75) is 6.54 Å². The summed E-state index contributed by atoms with van der Waals surface area (Å²) >= 11 is 1.50. The van der Waals surface area contributed by atoms with E-state index in [1.54, 1.807) is 12.1 Å². The molecule has 3 rings (SSSR count). The largest absolute Gasteiger partial charge is 0.488 e. The van der Waals surface area contributed by atoms with Crippen LogP contribution in [-0.4, -0.2) is 27.1 Å². The van der Waals surface area contributed by atoms with Gasteiger partial charge in [0.05, 0.1) is 10.4 Å². The molecule has 0 aliphatic rings. The first-order valence-corrected chi connectivity index (χ1v) is 7.19. The van der Waals surface area contributed by atoms with E-state index >= 15 is 0 Å². The average molecular weight is 300 g/mol. The lowest BCUT2D eigenvalue weighted by molar-refractivity contribution is 0.426. The molecule has 0 saturated carbocycles. The molecule has 0 saturated heterocycles. The standard InChI is InChI=1S/C13H13BN4O2S/c15-10-6-21-12-11(10)17-7-18-13(12)16-5-8-1-3-9(4-2-8)14(19)20/h1-4,6-7,19-20H,5,15H2,(H,16,17,18). The number of nitrogens with two attached hydrogens (primary N) is 1. The first-order valence-electron chi connectivity index (χ1n) is 6.31. The molecule has 0 aliphatic heterocycles. The Hall–Kier alpha value is -2.16. The summed E-state index contributed by atoms with van der Waals surface area (Å²) in [6, 6.07) is 7.03. The van der Waals surface area contributed by atoms with E-state index in [0.29, 0.717) is 17.7 Å². The Bertz CT molecular complexity index is 760. The molecule has 1 aromatic carbocycles. The van der Waals surface area contributed by atoms with Gasteiger partial charge in [0, 0.05) is 11.9 Å². The molecule has 0 radical (unpaired) electrons. The Morgan fingerprint density at radius 3 is 2.67 bits per heavy atom. The number of rotatable bonds is 4. The maximum Gasteiger partial charge on any atom is 0.488 e. The Balaban J connectivity index is 1.77. The number of nitrogens with zero attached hydrogens (tertiary/aromatic N) is 2. The van der Waals surface area contributed by atoms with Crippen LogP contribution in [0, 0.1) is 0 Å². The molecule has 2 heterocycles. The van der Waals surface area contributed by atoms with Gasteiger partial charge in [0.2, 0.25) is 0 Å². The van der Waals surface area contributed by atoms with Crippen LogP contribution in [0.15, 0.2) is 36.0 Å². The maximum absolute atomic E-state index is 9.06. The van der Waals surface area contributed by atoms with E-state index < -0.39 is 7.12 Å². The van der Waals surface area contributed by atoms with Gasteiger partial charge in [-0.15, -0.1) is 11.3 Å². The van der Waals surface area contributed by atoms with Gasteiger partial charge in [-0.25, -0.2) is 9.97 Å². The summed E-state index contributed by atoms with van der Waals surface area (Å²) in [5, 5.41) is 23.2. The fourth-order valence-electron chi connectivity index (χ4n) is 1.99. The minimum absolute atomic E-state index is 0.467. The number of hydrogen-bond donors (Lipinski definition) is 4. The Kier molecular flexibility index (Phi) is 3.74. The summed E-state index contributed by atoms with van der Waals surface area (Å²) in [5.41, 5.74) is 8.73. The summed E-state index contributed by atoms with van der Waals surface area (Å²) in [5.74, 6) is 0.743. The average Bonchev–Trinajstić information content (AvgIpc) is 2.88. The molecule has 0 bridgehead atoms. The van der Waals surface area contributed by atoms with Crippen molar-refractivity contribution in [1.82, 2.24) is 9.97 Å². The topological polar surface area (TPSA) is 104 Å². The van der Waals surface area contributed by atoms with Gasteiger partial charge in [-0.2, -0.15) is 0 Å². The van der Waals surface area contributed by atoms with Crippen LogP contribution in [0.25, 0.3) is 10.2 Å². The highest BCUT2D eigenvalue weighted by Gasteiger charge is 2.10. The maximum atomic E-state index is 9.06. The van der Waals surface area contributed by atoms with Gasteiger partial charge in [-0.1, -0.05) is 24.3 Å². The van der Waals surface area contributed by atoms with Crippen LogP contribution in [-0.2, 0) is 6.54 Å². The van der Waals surface area contributed by atoms with Gasteiger partial charge in [0.15, 0.2) is 0 Å². The summed E-state index contributed by atoms with van der Waals surface area (Å²) < 4.78 is 0.928. The molecular formula is C13H13BN4O2S. The molecular weight excluding hydrogens is 287 g/mol. The molecule has 106 valence electrons. The van der Waals surface area contributed by atoms with E-state index in [2.05, 4.69) is 15.3 Å². The molecule has 0 amide bonds. The van der Waals surface area contributed by atoms with Crippen molar-refractivity contribution >= 4 is 45.6 Å². The highest BCUT2D eigenvalue weighted by Crippen LogP contribution is 2.30. The van der Waals surface area contributed by atoms with Crippen molar-refractivity contribution in [3.8, 4) is 0 Å². The van der Waals surface area contributed by atoms with Gasteiger partial charge in [-0.3, -0.25) is 0 Å². The molecule has 0 atom stereocenters. The fraction of sp³-hybridized carbons (Fsp3) is 0.0769. The van der Waals surface area contributed by atoms with Crippen LogP contribution in [0.1, 0.15) is 5.56 Å². The third kappa shape index (κ3) is 2.82. The van der Waals surface area contributed by atoms with Crippen molar-refractivity contribution < 1.29 is 10.0 Å². The van der Waals surface area contributed by atoms with E-state index in [0.717, 1.165) is 21.6 Å². The zero-order valence-corrected chi connectivity index (χ0v) is 11.8. The van der Waals surface area contributed by atoms with Crippen molar-refractivity contribution in [2.24, 2.45) is 0 Å². The molecule has 21 heavy (non-hydrogen) atoms. The highest BCUT2D eigenvalue weighted by molar-refractivity contribution is 7.18. The van der Waals surface area contributed by atoms with Crippen molar-refractivity contribution in [3.63, 3.8) is 0 Å². The quantitative estimate of drug-likeness (QED) is 0.525. The van der Waals surface area contributed by atoms with Crippen LogP contribution in [0.3, 0.4) is 0 Å². The monoisotopic (exact) mass is 300 g/mol. The number of nitrogen functional groups attached to an aromatic ring is 1. The zero-order valence-electron chi connectivity index (χ0n) is 11.0. The van der Waals surface area contributed by atoms with Crippen LogP contribution < -0.4 is 16.5 Å². The number of aromatic nitrogens is 2. The number of nitrogens with one attached hydrogen (secondary N) is 1. The van der Waals surface area contributed by atoms with E-state index in [4.69, 9.17) is 15.8 Å². The molecule has 5 N–H and O–H groups in total. The second-order valence-electron chi connectivity index (χ2n) is 4.56. The van der Waals surface area contributed by atoms with Crippen LogP contribution in [0.2, 0.25) is 0 Å². The van der Waals surface area contributed by atoms with Crippen molar-refractivity contribution in [2.75, 3.05) is 11.1 Å². The van der Waals surface area contributed by atoms with Gasteiger partial charge in [0.1, 0.15) is 17.7 Å². The summed E-state index contributed by atoms with van der Waals surface area (Å²) in [6.45, 7) is 0.575. The van der Waals surface area contributed by atoms with Crippen LogP contribution >= 0.6 is 11.3 Å². The molecule has 0 unspecified atom stereocenters. The molecule has 0 fully saturated rings. The Labute approximate surface area is 125 Å². The van der Waals surface area contributed by atoms with Gasteiger partial charge < -0.3 is 21.1 Å². The van der Waals surface area contributed by atoms with E-state index in [1.165, 1.54) is 17.7 Å². The Morgan fingerprint density at radius 2 is 1.95 bits per heavy atom. The second-order valence-corrected chi connectivity index (χ2v) is 5.44. The summed E-state index contributed by atoms with van der Waals surface area (Å²) in [6.07, 6.45) is 1.49. The lowest BCUT2D eigenvalue weighted by Crippen LogP contribution is -2.29. The van der Waals surface area contributed by atoms with Crippen LogP contribution in [0.4, 0.5) is 11.5 Å². The van der Waals surface area contributed by atoms with E-state index in [9.17, 15) is 0 Å².